The zero-order valence-electron chi connectivity index (χ0n) is 5.41. The van der Waals surface area contributed by atoms with Gasteiger partial charge in [-0.15, -0.1) is 0 Å². The highest BCUT2D eigenvalue weighted by molar-refractivity contribution is 5.02. The van der Waals surface area contributed by atoms with Crippen molar-refractivity contribution in [2.24, 2.45) is 0 Å². The largest absolute Gasteiger partial charge is 0.386 e. The van der Waals surface area contributed by atoms with Gasteiger partial charge in [0.1, 0.15) is 0 Å². The van der Waals surface area contributed by atoms with Crippen LogP contribution in [0.5, 0.6) is 0 Å². The van der Waals surface area contributed by atoms with Gasteiger partial charge in [-0.3, -0.25) is 0 Å². The van der Waals surface area contributed by atoms with Crippen molar-refractivity contribution in [1.82, 2.24) is 5.32 Å². The van der Waals surface area contributed by atoms with Crippen LogP contribution in [0, 0.1) is 0 Å². The molecule has 1 aliphatic carbocycles. The molecule has 1 aliphatic rings. The fraction of sp³-hybridized carbons (Fsp3) is 0.714. The first-order valence-electron chi connectivity index (χ1n) is 3.21. The fourth-order valence-corrected chi connectivity index (χ4v) is 0.967. The van der Waals surface area contributed by atoms with E-state index in [0.717, 1.165) is 0 Å². The Morgan fingerprint density at radius 3 is 2.50 bits per heavy atom. The van der Waals surface area contributed by atoms with Crippen LogP contribution < -0.4 is 5.32 Å². The highest BCUT2D eigenvalue weighted by Crippen LogP contribution is 2.37. The van der Waals surface area contributed by atoms with Crippen LogP contribution >= 0.6 is 0 Å². The molecule has 8 heavy (non-hydrogen) atoms. The van der Waals surface area contributed by atoms with E-state index < -0.39 is 0 Å². The molecule has 0 heterocycles. The van der Waals surface area contributed by atoms with Crippen LogP contribution in [0.25, 0.3) is 0 Å². The molecular formula is C7H13N. The minimum atomic E-state index is 0.474. The van der Waals surface area contributed by atoms with Gasteiger partial charge in [0.15, 0.2) is 0 Å². The predicted octanol–water partition coefficient (Wildman–Crippen LogP) is 1.66. The summed E-state index contributed by atoms with van der Waals surface area (Å²) in [6.45, 7) is 5.83. The maximum atomic E-state index is 3.62. The summed E-state index contributed by atoms with van der Waals surface area (Å²) in [5.74, 6) is 0. The zero-order valence-corrected chi connectivity index (χ0v) is 5.41. The third-order valence-electron chi connectivity index (χ3n) is 1.94. The van der Waals surface area contributed by atoms with Crippen molar-refractivity contribution in [3.8, 4) is 0 Å². The molecule has 0 aromatic carbocycles. The Balaban J connectivity index is 2.29. The molecule has 0 spiro atoms. The van der Waals surface area contributed by atoms with Gasteiger partial charge in [-0.25, -0.2) is 0 Å². The molecule has 1 heteroatoms. The SMILES string of the molecule is C=CNC1(CC)CC1. The second-order valence-corrected chi connectivity index (χ2v) is 2.48. The van der Waals surface area contributed by atoms with Gasteiger partial charge in [-0.1, -0.05) is 13.5 Å². The number of nitrogens with one attached hydrogen (secondary N) is 1. The summed E-state index contributed by atoms with van der Waals surface area (Å²) < 4.78 is 0. The second-order valence-electron chi connectivity index (χ2n) is 2.48. The Bertz CT molecular complexity index is 92.6. The molecule has 1 fully saturated rings. The van der Waals surface area contributed by atoms with Gasteiger partial charge in [0, 0.05) is 5.54 Å². The van der Waals surface area contributed by atoms with Crippen LogP contribution in [0.15, 0.2) is 12.8 Å². The zero-order chi connectivity index (χ0) is 6.04. The molecule has 0 unspecified atom stereocenters. The Morgan fingerprint density at radius 2 is 2.38 bits per heavy atom. The van der Waals surface area contributed by atoms with Crippen molar-refractivity contribution < 1.29 is 0 Å². The van der Waals surface area contributed by atoms with E-state index in [1.54, 1.807) is 6.20 Å². The minimum absolute atomic E-state index is 0.474. The Labute approximate surface area is 50.8 Å². The van der Waals surface area contributed by atoms with E-state index in [9.17, 15) is 0 Å². The molecule has 0 aromatic rings. The molecular weight excluding hydrogens is 98.1 g/mol. The maximum absolute atomic E-state index is 3.62. The van der Waals surface area contributed by atoms with Crippen LogP contribution in [0.2, 0.25) is 0 Å². The summed E-state index contributed by atoms with van der Waals surface area (Å²) in [5, 5.41) is 3.25. The van der Waals surface area contributed by atoms with Crippen LogP contribution in [-0.2, 0) is 0 Å². The van der Waals surface area contributed by atoms with E-state index >= 15 is 0 Å². The molecule has 1 nitrogen and oxygen atoms in total. The van der Waals surface area contributed by atoms with Gasteiger partial charge >= 0.3 is 0 Å². The van der Waals surface area contributed by atoms with E-state index in [-0.39, 0.29) is 0 Å². The Morgan fingerprint density at radius 1 is 1.75 bits per heavy atom. The summed E-state index contributed by atoms with van der Waals surface area (Å²) in [4.78, 5) is 0. The summed E-state index contributed by atoms with van der Waals surface area (Å²) >= 11 is 0. The van der Waals surface area contributed by atoms with Gasteiger partial charge in [0.05, 0.1) is 0 Å². The quantitative estimate of drug-likeness (QED) is 0.584. The Kier molecular flexibility index (Phi) is 1.28. The summed E-state index contributed by atoms with van der Waals surface area (Å²) in [6, 6.07) is 0. The molecule has 0 aliphatic heterocycles. The van der Waals surface area contributed by atoms with Crippen LogP contribution in [0.3, 0.4) is 0 Å². The van der Waals surface area contributed by atoms with Gasteiger partial charge in [0.2, 0.25) is 0 Å². The lowest BCUT2D eigenvalue weighted by Gasteiger charge is -2.10. The summed E-state index contributed by atoms with van der Waals surface area (Å²) in [6.07, 6.45) is 5.69. The average Bonchev–Trinajstić information content (AvgIpc) is 2.50. The monoisotopic (exact) mass is 111 g/mol. The van der Waals surface area contributed by atoms with E-state index in [1.165, 1.54) is 19.3 Å². The van der Waals surface area contributed by atoms with E-state index in [2.05, 4.69) is 18.8 Å². The molecule has 0 bridgehead atoms. The molecule has 0 amide bonds. The summed E-state index contributed by atoms with van der Waals surface area (Å²) in [5.41, 5.74) is 0.474. The van der Waals surface area contributed by atoms with Crippen molar-refractivity contribution in [1.29, 1.82) is 0 Å². The predicted molar refractivity (Wildman–Crippen MR) is 35.6 cm³/mol. The van der Waals surface area contributed by atoms with E-state index in [4.69, 9.17) is 0 Å². The van der Waals surface area contributed by atoms with E-state index in [1.807, 2.05) is 0 Å². The molecule has 0 saturated heterocycles. The first-order valence-corrected chi connectivity index (χ1v) is 3.21. The van der Waals surface area contributed by atoms with Crippen LogP contribution in [-0.4, -0.2) is 5.54 Å². The lowest BCUT2D eigenvalue weighted by molar-refractivity contribution is 0.559. The molecule has 1 N–H and O–H groups in total. The molecule has 1 rings (SSSR count). The Hall–Kier alpha value is -0.460. The normalized spacial score (nSPS) is 22.1. The lowest BCUT2D eigenvalue weighted by Crippen LogP contribution is -2.24. The highest BCUT2D eigenvalue weighted by atomic mass is 15.0. The number of hydrogen-bond acceptors (Lipinski definition) is 1. The first-order chi connectivity index (χ1) is 3.83. The molecule has 0 atom stereocenters. The van der Waals surface area contributed by atoms with Crippen molar-refractivity contribution >= 4 is 0 Å². The summed E-state index contributed by atoms with van der Waals surface area (Å²) in [7, 11) is 0. The molecule has 0 radical (unpaired) electrons. The van der Waals surface area contributed by atoms with Crippen LogP contribution in [0.4, 0.5) is 0 Å². The lowest BCUT2D eigenvalue weighted by atomic mass is 10.2. The van der Waals surface area contributed by atoms with Gasteiger partial charge in [0.25, 0.3) is 0 Å². The fourth-order valence-electron chi connectivity index (χ4n) is 0.967. The second kappa shape index (κ2) is 1.81. The van der Waals surface area contributed by atoms with E-state index in [0.29, 0.717) is 5.54 Å². The third kappa shape index (κ3) is 0.857. The number of rotatable bonds is 3. The van der Waals surface area contributed by atoms with Crippen molar-refractivity contribution in [3.63, 3.8) is 0 Å². The topological polar surface area (TPSA) is 12.0 Å². The minimum Gasteiger partial charge on any atom is -0.386 e. The standard InChI is InChI=1S/C7H13N/c1-3-7(5-6-7)8-4-2/h4,8H,2-3,5-6H2,1H3. The first kappa shape index (κ1) is 5.67. The average molecular weight is 111 g/mol. The van der Waals surface area contributed by atoms with Crippen LogP contribution in [0.1, 0.15) is 26.2 Å². The van der Waals surface area contributed by atoms with Gasteiger partial charge in [-0.05, 0) is 25.5 Å². The molecule has 1 saturated carbocycles. The third-order valence-corrected chi connectivity index (χ3v) is 1.94. The van der Waals surface area contributed by atoms with Gasteiger partial charge in [-0.2, -0.15) is 0 Å². The van der Waals surface area contributed by atoms with Crippen molar-refractivity contribution in [2.45, 2.75) is 31.7 Å². The number of hydrogen-bond donors (Lipinski definition) is 1. The van der Waals surface area contributed by atoms with Crippen molar-refractivity contribution in [2.75, 3.05) is 0 Å². The molecule has 0 aromatic heterocycles. The highest BCUT2D eigenvalue weighted by Gasteiger charge is 2.39. The molecule has 46 valence electrons. The maximum Gasteiger partial charge on any atom is 0.0367 e. The smallest absolute Gasteiger partial charge is 0.0367 e. The van der Waals surface area contributed by atoms with Crippen molar-refractivity contribution in [3.05, 3.63) is 12.8 Å². The van der Waals surface area contributed by atoms with Gasteiger partial charge < -0.3 is 5.32 Å².